The van der Waals surface area contributed by atoms with Gasteiger partial charge in [-0.3, -0.25) is 0 Å². The Morgan fingerprint density at radius 1 is 1.24 bits per heavy atom. The van der Waals surface area contributed by atoms with E-state index in [-0.39, 0.29) is 35.2 Å². The molecule has 162 valence electrons. The highest BCUT2D eigenvalue weighted by molar-refractivity contribution is 9.10. The van der Waals surface area contributed by atoms with Crippen LogP contribution < -0.4 is 10.6 Å². The number of hydroxylamine groups is 2. The van der Waals surface area contributed by atoms with Gasteiger partial charge < -0.3 is 15.5 Å². The van der Waals surface area contributed by atoms with Gasteiger partial charge in [0.25, 0.3) is 0 Å². The highest BCUT2D eigenvalue weighted by Crippen LogP contribution is 2.41. The molecule has 1 fully saturated rings. The fourth-order valence-electron chi connectivity index (χ4n) is 5.17. The summed E-state index contributed by atoms with van der Waals surface area (Å²) in [5, 5.41) is 8.77. The second kappa shape index (κ2) is 8.10. The largest absolute Gasteiger partial charge is 0.426 e. The normalized spacial score (nSPS) is 28.4. The number of carbonyl (C=O) groups excluding carboxylic acids is 1. The average molecular weight is 466 g/mol. The Bertz CT molecular complexity index is 746. The minimum absolute atomic E-state index is 0.111. The average Bonchev–Trinajstić information content (AvgIpc) is 2.60. The van der Waals surface area contributed by atoms with Crippen LogP contribution in [0.5, 0.6) is 0 Å². The number of hydrogen-bond donors (Lipinski definition) is 2. The van der Waals surface area contributed by atoms with Gasteiger partial charge in [0.2, 0.25) is 0 Å². The molecule has 0 radical (unpaired) electrons. The Morgan fingerprint density at radius 3 is 2.45 bits per heavy atom. The van der Waals surface area contributed by atoms with Crippen LogP contribution in [0.4, 0.5) is 10.5 Å². The third-order valence-electron chi connectivity index (χ3n) is 6.61. The Kier molecular flexibility index (Phi) is 6.26. The quantitative estimate of drug-likeness (QED) is 0.552. The topological polar surface area (TPSA) is 53.6 Å². The van der Waals surface area contributed by atoms with E-state index in [1.54, 1.807) is 0 Å². The maximum atomic E-state index is 13.1. The van der Waals surface area contributed by atoms with Gasteiger partial charge in [-0.25, -0.2) is 4.79 Å². The smallest absolute Gasteiger partial charge is 0.381 e. The molecule has 6 heteroatoms. The fourth-order valence-corrected chi connectivity index (χ4v) is 5.55. The molecular formula is C23H36BrN3O2. The molecule has 0 unspecified atom stereocenters. The van der Waals surface area contributed by atoms with E-state index < -0.39 is 0 Å². The molecule has 3 atom stereocenters. The summed E-state index contributed by atoms with van der Waals surface area (Å²) in [6, 6.07) is 6.37. The molecule has 2 aliphatic rings. The van der Waals surface area contributed by atoms with E-state index in [4.69, 9.17) is 4.84 Å². The van der Waals surface area contributed by atoms with Gasteiger partial charge in [0.15, 0.2) is 0 Å². The molecular weight excluding hydrogens is 430 g/mol. The lowest BCUT2D eigenvalue weighted by Gasteiger charge is -2.50. The first-order chi connectivity index (χ1) is 13.4. The van der Waals surface area contributed by atoms with Crippen LogP contribution in [0.1, 0.15) is 79.3 Å². The third kappa shape index (κ3) is 4.58. The van der Waals surface area contributed by atoms with Crippen LogP contribution in [0.25, 0.3) is 0 Å². The van der Waals surface area contributed by atoms with E-state index in [9.17, 15) is 4.79 Å². The van der Waals surface area contributed by atoms with Gasteiger partial charge in [-0.2, -0.15) is 0 Å². The van der Waals surface area contributed by atoms with E-state index in [2.05, 4.69) is 87.2 Å². The molecule has 0 spiro atoms. The molecule has 1 aromatic rings. The zero-order valence-electron chi connectivity index (χ0n) is 18.8. The lowest BCUT2D eigenvalue weighted by molar-refractivity contribution is -0.239. The van der Waals surface area contributed by atoms with Crippen molar-refractivity contribution in [2.45, 2.75) is 90.9 Å². The van der Waals surface area contributed by atoms with Crippen molar-refractivity contribution in [3.05, 3.63) is 28.2 Å². The zero-order valence-corrected chi connectivity index (χ0v) is 20.4. The van der Waals surface area contributed by atoms with Crippen molar-refractivity contribution in [2.75, 3.05) is 5.32 Å². The summed E-state index contributed by atoms with van der Waals surface area (Å²) in [6.45, 7) is 15.2. The van der Waals surface area contributed by atoms with Crippen LogP contribution in [0, 0.1) is 11.8 Å². The van der Waals surface area contributed by atoms with E-state index >= 15 is 0 Å². The summed E-state index contributed by atoms with van der Waals surface area (Å²) in [5.74, 6) is 0.675. The summed E-state index contributed by atoms with van der Waals surface area (Å²) in [5.41, 5.74) is 1.81. The molecule has 3 rings (SSSR count). The standard InChI is InChI=1S/C23H36BrN3O2/c1-14(2)19-15(3)20(17-13-16(24)9-10-18(17)25-19)26-21(28)29-27-22(4,5)11-8-12-23(27,6)7/h9-10,13-15,19-20,25H,8,11-12H2,1-7H3,(H,26,28)/t15-,19-,20+/m0/s1. The number of halogens is 1. The number of piperidine rings is 1. The minimum atomic E-state index is -0.375. The monoisotopic (exact) mass is 465 g/mol. The van der Waals surface area contributed by atoms with Crippen molar-refractivity contribution in [1.82, 2.24) is 10.4 Å². The lowest BCUT2D eigenvalue weighted by Crippen LogP contribution is -2.60. The van der Waals surface area contributed by atoms with Crippen molar-refractivity contribution < 1.29 is 9.63 Å². The Labute approximate surface area is 184 Å². The summed E-state index contributed by atoms with van der Waals surface area (Å²) >= 11 is 3.58. The number of carbonyl (C=O) groups is 1. The predicted molar refractivity (Wildman–Crippen MR) is 122 cm³/mol. The van der Waals surface area contributed by atoms with Gasteiger partial charge in [0.05, 0.1) is 17.1 Å². The second-order valence-electron chi connectivity index (χ2n) is 10.3. The van der Waals surface area contributed by atoms with E-state index in [0.29, 0.717) is 5.92 Å². The van der Waals surface area contributed by atoms with Crippen LogP contribution in [-0.2, 0) is 4.84 Å². The van der Waals surface area contributed by atoms with Crippen LogP contribution in [0.3, 0.4) is 0 Å². The third-order valence-corrected chi connectivity index (χ3v) is 7.10. The van der Waals surface area contributed by atoms with E-state index in [1.807, 2.05) is 11.1 Å². The van der Waals surface area contributed by atoms with E-state index in [1.165, 1.54) is 0 Å². The highest BCUT2D eigenvalue weighted by atomic mass is 79.9. The Morgan fingerprint density at radius 2 is 1.86 bits per heavy atom. The number of amides is 1. The van der Waals surface area contributed by atoms with Crippen molar-refractivity contribution in [3.8, 4) is 0 Å². The van der Waals surface area contributed by atoms with Crippen LogP contribution >= 0.6 is 15.9 Å². The number of anilines is 1. The summed E-state index contributed by atoms with van der Waals surface area (Å²) in [6.07, 6.45) is 2.79. The Hall–Kier alpha value is -1.27. The van der Waals surface area contributed by atoms with Crippen LogP contribution in [0.15, 0.2) is 22.7 Å². The van der Waals surface area contributed by atoms with Crippen molar-refractivity contribution in [1.29, 1.82) is 0 Å². The van der Waals surface area contributed by atoms with Gasteiger partial charge in [-0.1, -0.05) is 36.7 Å². The molecule has 5 nitrogen and oxygen atoms in total. The fraction of sp³-hybridized carbons (Fsp3) is 0.696. The molecule has 2 heterocycles. The van der Waals surface area contributed by atoms with Crippen molar-refractivity contribution in [2.24, 2.45) is 11.8 Å². The summed E-state index contributed by atoms with van der Waals surface area (Å²) in [7, 11) is 0. The maximum Gasteiger partial charge on any atom is 0.426 e. The molecule has 2 N–H and O–H groups in total. The number of nitrogens with zero attached hydrogens (tertiary/aromatic N) is 1. The second-order valence-corrected chi connectivity index (χ2v) is 11.2. The molecule has 1 saturated heterocycles. The molecule has 0 aromatic heterocycles. The molecule has 0 saturated carbocycles. The van der Waals surface area contributed by atoms with Crippen LogP contribution in [-0.4, -0.2) is 28.3 Å². The lowest BCUT2D eigenvalue weighted by atomic mass is 9.79. The molecule has 0 aliphatic carbocycles. The predicted octanol–water partition coefficient (Wildman–Crippen LogP) is 6.26. The molecule has 0 bridgehead atoms. The maximum absolute atomic E-state index is 13.1. The van der Waals surface area contributed by atoms with E-state index in [0.717, 1.165) is 35.0 Å². The van der Waals surface area contributed by atoms with Gasteiger partial charge >= 0.3 is 6.09 Å². The van der Waals surface area contributed by atoms with Crippen molar-refractivity contribution in [3.63, 3.8) is 0 Å². The first kappa shape index (κ1) is 22.4. The molecule has 1 amide bonds. The number of benzene rings is 1. The number of hydrogen-bond acceptors (Lipinski definition) is 4. The number of fused-ring (bicyclic) bond motifs is 1. The first-order valence-corrected chi connectivity index (χ1v) is 11.6. The number of nitrogens with one attached hydrogen (secondary N) is 2. The van der Waals surface area contributed by atoms with Gasteiger partial charge in [0, 0.05) is 22.1 Å². The summed E-state index contributed by atoms with van der Waals surface area (Å²) in [4.78, 5) is 19.0. The summed E-state index contributed by atoms with van der Waals surface area (Å²) < 4.78 is 1.01. The first-order valence-electron chi connectivity index (χ1n) is 10.8. The molecule has 2 aliphatic heterocycles. The zero-order chi connectivity index (χ0) is 21.6. The number of rotatable bonds is 3. The van der Waals surface area contributed by atoms with Crippen molar-refractivity contribution >= 4 is 27.7 Å². The van der Waals surface area contributed by atoms with Crippen LogP contribution in [0.2, 0.25) is 0 Å². The van der Waals surface area contributed by atoms with Gasteiger partial charge in [0.1, 0.15) is 0 Å². The SMILES string of the molecule is CC(C)[C@@H]1Nc2ccc(Br)cc2[C@H](NC(=O)ON2C(C)(C)CCCC2(C)C)[C@H]1C. The molecule has 1 aromatic carbocycles. The Balaban J connectivity index is 1.84. The van der Waals surface area contributed by atoms with Gasteiger partial charge in [-0.15, -0.1) is 5.06 Å². The highest BCUT2D eigenvalue weighted by Gasteiger charge is 2.45. The molecule has 29 heavy (non-hydrogen) atoms. The van der Waals surface area contributed by atoms with Gasteiger partial charge in [-0.05, 0) is 76.6 Å². The minimum Gasteiger partial charge on any atom is -0.381 e.